The van der Waals surface area contributed by atoms with Gasteiger partial charge in [-0.15, -0.1) is 0 Å². The smallest absolute Gasteiger partial charge is 0.227 e. The van der Waals surface area contributed by atoms with Crippen molar-refractivity contribution < 1.29 is 4.42 Å². The Labute approximate surface area is 258 Å². The molecule has 45 heavy (non-hydrogen) atoms. The fourth-order valence-corrected chi connectivity index (χ4v) is 5.98. The van der Waals surface area contributed by atoms with Gasteiger partial charge in [0.2, 0.25) is 5.89 Å². The number of benzene rings is 7. The average molecular weight is 577 g/mol. The Kier molecular flexibility index (Phi) is 5.74. The largest absolute Gasteiger partial charge is 0.435 e. The Bertz CT molecular complexity index is 2460. The highest BCUT2D eigenvalue weighted by Crippen LogP contribution is 2.33. The van der Waals surface area contributed by atoms with Crippen LogP contribution in [0.5, 0.6) is 0 Å². The van der Waals surface area contributed by atoms with Crippen LogP contribution < -0.4 is 0 Å². The fourth-order valence-electron chi connectivity index (χ4n) is 5.98. The molecule has 0 N–H and O–H groups in total. The Morgan fingerprint density at radius 3 is 1.44 bits per heavy atom. The van der Waals surface area contributed by atoms with Gasteiger partial charge in [0.15, 0.2) is 23.1 Å². The van der Waals surface area contributed by atoms with Gasteiger partial charge in [0.1, 0.15) is 5.52 Å². The first-order valence-corrected chi connectivity index (χ1v) is 14.9. The topological polar surface area (TPSA) is 64.7 Å². The minimum absolute atomic E-state index is 0.611. The van der Waals surface area contributed by atoms with Crippen LogP contribution in [0.4, 0.5) is 0 Å². The quantitative estimate of drug-likeness (QED) is 0.209. The predicted octanol–water partition coefficient (Wildman–Crippen LogP) is 10.1. The summed E-state index contributed by atoms with van der Waals surface area (Å²) in [7, 11) is 0. The Balaban J connectivity index is 1.21. The van der Waals surface area contributed by atoms with Gasteiger partial charge in [-0.25, -0.2) is 19.9 Å². The summed E-state index contributed by atoms with van der Waals surface area (Å²) in [4.78, 5) is 19.8. The van der Waals surface area contributed by atoms with Crippen LogP contribution in [0, 0.1) is 0 Å². The molecule has 0 amide bonds. The van der Waals surface area contributed by atoms with Crippen molar-refractivity contribution in [3.63, 3.8) is 0 Å². The zero-order valence-electron chi connectivity index (χ0n) is 24.1. The molecular weight excluding hydrogens is 552 g/mol. The van der Waals surface area contributed by atoms with E-state index in [0.717, 1.165) is 54.9 Å². The molecule has 5 nitrogen and oxygen atoms in total. The van der Waals surface area contributed by atoms with Crippen molar-refractivity contribution >= 4 is 43.4 Å². The molecule has 0 atom stereocenters. The molecule has 0 bridgehead atoms. The first-order valence-electron chi connectivity index (χ1n) is 14.9. The molecule has 7 aromatic carbocycles. The lowest BCUT2D eigenvalue weighted by atomic mass is 10.0. The van der Waals surface area contributed by atoms with Crippen molar-refractivity contribution in [3.05, 3.63) is 146 Å². The van der Waals surface area contributed by atoms with Gasteiger partial charge in [0.25, 0.3) is 0 Å². The lowest BCUT2D eigenvalue weighted by Gasteiger charge is -2.10. The van der Waals surface area contributed by atoms with Gasteiger partial charge >= 0.3 is 0 Å². The van der Waals surface area contributed by atoms with Crippen LogP contribution in [-0.2, 0) is 0 Å². The maximum atomic E-state index is 6.28. The summed E-state index contributed by atoms with van der Waals surface area (Å²) in [6, 6.07) is 49.6. The SMILES string of the molecule is c1ccc(-c2nc3ccc4cc(-c5nc(-c6ccc7ccccc7c6)nc(-c6ccc7ccccc7c6)n5)ccc4c3o2)cc1. The Morgan fingerprint density at radius 1 is 0.356 bits per heavy atom. The molecule has 0 spiro atoms. The molecule has 2 aromatic heterocycles. The summed E-state index contributed by atoms with van der Waals surface area (Å²) < 4.78 is 6.28. The van der Waals surface area contributed by atoms with Crippen LogP contribution in [0.3, 0.4) is 0 Å². The van der Waals surface area contributed by atoms with Crippen LogP contribution in [-0.4, -0.2) is 19.9 Å². The highest BCUT2D eigenvalue weighted by atomic mass is 16.3. The molecule has 9 rings (SSSR count). The number of aromatic nitrogens is 4. The molecule has 0 aliphatic heterocycles. The molecule has 0 unspecified atom stereocenters. The molecule has 0 saturated heterocycles. The zero-order chi connectivity index (χ0) is 29.7. The van der Waals surface area contributed by atoms with E-state index in [1.54, 1.807) is 0 Å². The van der Waals surface area contributed by atoms with Gasteiger partial charge in [-0.1, -0.05) is 103 Å². The van der Waals surface area contributed by atoms with E-state index >= 15 is 0 Å². The lowest BCUT2D eigenvalue weighted by Crippen LogP contribution is -2.00. The summed E-state index contributed by atoms with van der Waals surface area (Å²) in [5.74, 6) is 2.49. The van der Waals surface area contributed by atoms with E-state index in [0.29, 0.717) is 23.4 Å². The number of fused-ring (bicyclic) bond motifs is 5. The number of hydrogen-bond donors (Lipinski definition) is 0. The summed E-state index contributed by atoms with van der Waals surface area (Å²) in [6.07, 6.45) is 0. The van der Waals surface area contributed by atoms with Gasteiger partial charge in [0, 0.05) is 27.6 Å². The maximum absolute atomic E-state index is 6.28. The summed E-state index contributed by atoms with van der Waals surface area (Å²) >= 11 is 0. The molecule has 2 heterocycles. The van der Waals surface area contributed by atoms with E-state index in [1.165, 1.54) is 10.8 Å². The normalized spacial score (nSPS) is 11.6. The molecule has 0 fully saturated rings. The van der Waals surface area contributed by atoms with E-state index in [1.807, 2.05) is 36.4 Å². The number of nitrogens with zero attached hydrogens (tertiary/aromatic N) is 4. The maximum Gasteiger partial charge on any atom is 0.227 e. The van der Waals surface area contributed by atoms with Crippen molar-refractivity contribution in [1.29, 1.82) is 0 Å². The van der Waals surface area contributed by atoms with Gasteiger partial charge in [-0.2, -0.15) is 0 Å². The first kappa shape index (κ1) is 25.3. The van der Waals surface area contributed by atoms with Crippen LogP contribution in [0.2, 0.25) is 0 Å². The van der Waals surface area contributed by atoms with Crippen LogP contribution >= 0.6 is 0 Å². The second-order valence-electron chi connectivity index (χ2n) is 11.2. The monoisotopic (exact) mass is 576 g/mol. The van der Waals surface area contributed by atoms with Crippen molar-refractivity contribution in [1.82, 2.24) is 19.9 Å². The summed E-state index contributed by atoms with van der Waals surface area (Å²) in [5, 5.41) is 6.64. The van der Waals surface area contributed by atoms with Crippen molar-refractivity contribution in [3.8, 4) is 45.6 Å². The lowest BCUT2D eigenvalue weighted by molar-refractivity contribution is 0.623. The highest BCUT2D eigenvalue weighted by molar-refractivity contribution is 6.04. The van der Waals surface area contributed by atoms with E-state index in [2.05, 4.69) is 109 Å². The molecular formula is C40H24N4O. The van der Waals surface area contributed by atoms with Crippen LogP contribution in [0.15, 0.2) is 150 Å². The number of rotatable bonds is 4. The molecule has 210 valence electrons. The first-order chi connectivity index (χ1) is 22.2. The van der Waals surface area contributed by atoms with Gasteiger partial charge in [0.05, 0.1) is 0 Å². The predicted molar refractivity (Wildman–Crippen MR) is 182 cm³/mol. The summed E-state index contributed by atoms with van der Waals surface area (Å²) in [6.45, 7) is 0. The van der Waals surface area contributed by atoms with Gasteiger partial charge < -0.3 is 4.42 Å². The number of oxazole rings is 1. The Hall–Kier alpha value is -6.20. The van der Waals surface area contributed by atoms with E-state index in [9.17, 15) is 0 Å². The van der Waals surface area contributed by atoms with Crippen molar-refractivity contribution in [2.24, 2.45) is 0 Å². The zero-order valence-corrected chi connectivity index (χ0v) is 24.1. The summed E-state index contributed by atoms with van der Waals surface area (Å²) in [5.41, 5.74) is 5.32. The van der Waals surface area contributed by atoms with Crippen molar-refractivity contribution in [2.45, 2.75) is 0 Å². The molecule has 0 aliphatic rings. The molecule has 9 aromatic rings. The average Bonchev–Trinajstić information content (AvgIpc) is 3.56. The third-order valence-electron chi connectivity index (χ3n) is 8.30. The van der Waals surface area contributed by atoms with E-state index in [4.69, 9.17) is 24.4 Å². The molecule has 5 heteroatoms. The molecule has 0 saturated carbocycles. The van der Waals surface area contributed by atoms with E-state index < -0.39 is 0 Å². The highest BCUT2D eigenvalue weighted by Gasteiger charge is 2.16. The van der Waals surface area contributed by atoms with Crippen LogP contribution in [0.1, 0.15) is 0 Å². The minimum atomic E-state index is 0.611. The standard InChI is InChI=1S/C40H24N4O/c1-2-10-27(11-3-1)40-41-35-21-19-30-24-33(18-20-34(30)36(35)45-40)39-43-37(31-16-14-25-8-4-6-12-28(25)22-31)42-38(44-39)32-17-15-26-9-5-7-13-29(26)23-32/h1-24H. The van der Waals surface area contributed by atoms with Crippen molar-refractivity contribution in [2.75, 3.05) is 0 Å². The third kappa shape index (κ3) is 4.50. The fraction of sp³-hybridized carbons (Fsp3) is 0. The number of hydrogen-bond acceptors (Lipinski definition) is 5. The second kappa shape index (κ2) is 10.2. The van der Waals surface area contributed by atoms with Gasteiger partial charge in [-0.3, -0.25) is 0 Å². The van der Waals surface area contributed by atoms with Crippen LogP contribution in [0.25, 0.3) is 89.0 Å². The third-order valence-corrected chi connectivity index (χ3v) is 8.30. The molecule has 0 radical (unpaired) electrons. The van der Waals surface area contributed by atoms with E-state index in [-0.39, 0.29) is 0 Å². The molecule has 0 aliphatic carbocycles. The minimum Gasteiger partial charge on any atom is -0.435 e. The second-order valence-corrected chi connectivity index (χ2v) is 11.2. The van der Waals surface area contributed by atoms with Gasteiger partial charge in [-0.05, 0) is 69.4 Å². The Morgan fingerprint density at radius 2 is 0.844 bits per heavy atom.